The van der Waals surface area contributed by atoms with E-state index in [2.05, 4.69) is 0 Å². The predicted octanol–water partition coefficient (Wildman–Crippen LogP) is -1.37. The summed E-state index contributed by atoms with van der Waals surface area (Å²) in [6.07, 6.45) is 0. The first kappa shape index (κ1) is 12.9. The fraction of sp³-hybridized carbons (Fsp3) is 0. The molecule has 0 aliphatic heterocycles. The topological polar surface area (TPSA) is 9.23 Å². The van der Waals surface area contributed by atoms with Gasteiger partial charge in [-0.2, -0.15) is 0 Å². The summed E-state index contributed by atoms with van der Waals surface area (Å²) in [4.78, 5) is 0. The normalized spacial score (nSPS) is 10.0. The van der Waals surface area contributed by atoms with E-state index < -0.39 is 0 Å². The molecule has 0 radical (unpaired) electrons. The Labute approximate surface area is 148 Å². The van der Waals surface area contributed by atoms with Crippen LogP contribution in [0.2, 0.25) is 0 Å². The summed E-state index contributed by atoms with van der Waals surface area (Å²) in [5, 5.41) is 0. The van der Waals surface area contributed by atoms with Crippen molar-refractivity contribution in [3.63, 3.8) is 0 Å². The summed E-state index contributed by atoms with van der Waals surface area (Å²) in [5.74, 6) is 0. The van der Waals surface area contributed by atoms with Crippen LogP contribution in [0, 0.1) is 154 Å². The maximum absolute atomic E-state index is 5.77. The fourth-order valence-corrected chi connectivity index (χ4v) is 64.9. The van der Waals surface area contributed by atoms with Crippen LogP contribution in [0.1, 0.15) is 0 Å². The van der Waals surface area contributed by atoms with Gasteiger partial charge in [0.05, 0.1) is 0 Å². The van der Waals surface area contributed by atoms with Gasteiger partial charge in [-0.15, -0.1) is 0 Å². The molecule has 0 aromatic rings. The minimum atomic E-state index is -0.319. The van der Waals surface area contributed by atoms with Gasteiger partial charge in [0, 0.05) is 0 Å². The van der Waals surface area contributed by atoms with Crippen molar-refractivity contribution in [1.29, 1.82) is 0 Å². The van der Waals surface area contributed by atoms with Crippen LogP contribution in [0.5, 0.6) is 0 Å². The number of hydrogen-bond acceptors (Lipinski definition) is 1. The van der Waals surface area contributed by atoms with Gasteiger partial charge >= 0.3 is 154 Å². The maximum atomic E-state index is 5.77. The van der Waals surface area contributed by atoms with Crippen LogP contribution in [0.4, 0.5) is 0 Å². The van der Waals surface area contributed by atoms with Crippen molar-refractivity contribution >= 4 is -4.21 Å². The van der Waals surface area contributed by atoms with Crippen molar-refractivity contribution in [2.75, 3.05) is 0 Å². The molecule has 0 amide bonds. The Morgan fingerprint density at radius 1 is 0.857 bits per heavy atom. The second kappa shape index (κ2) is 8.50. The van der Waals surface area contributed by atoms with E-state index in [9.17, 15) is 0 Å². The summed E-state index contributed by atoms with van der Waals surface area (Å²) >= 11 is 5.70. The molecule has 0 saturated carbocycles. The first-order valence-electron chi connectivity index (χ1n) is 1.63. The standard InChI is InChI=1S/4Ce.H2OSi2/c;;;;2-1-3/h;;;;2-3H. The monoisotopic (exact) mass is 634 g/mol. The molecule has 0 aliphatic rings. The molecule has 7 heteroatoms. The van der Waals surface area contributed by atoms with Crippen LogP contribution < -0.4 is 0 Å². The average molecular weight is 635 g/mol. The molecule has 0 rings (SSSR count). The van der Waals surface area contributed by atoms with E-state index in [0.29, 0.717) is 0 Å². The minimum absolute atomic E-state index is 0.319. The van der Waals surface area contributed by atoms with Gasteiger partial charge in [-0.25, -0.2) is 0 Å². The Morgan fingerprint density at radius 3 is 1.14 bits per heavy atom. The molecule has 0 spiro atoms. The van der Waals surface area contributed by atoms with E-state index in [1.807, 2.05) is 0 Å². The van der Waals surface area contributed by atoms with E-state index >= 15 is 0 Å². The van der Waals surface area contributed by atoms with Crippen molar-refractivity contribution < 1.29 is 158 Å². The van der Waals surface area contributed by atoms with Gasteiger partial charge in [-0.1, -0.05) is 0 Å². The van der Waals surface area contributed by atoms with Gasteiger partial charge in [0.2, 0.25) is 0 Å². The first-order chi connectivity index (χ1) is 3.13. The molecule has 0 saturated heterocycles. The second-order valence-electron chi connectivity index (χ2n) is 0.896. The third kappa shape index (κ3) is 11.9. The van der Waals surface area contributed by atoms with Gasteiger partial charge in [0.25, 0.3) is 0 Å². The van der Waals surface area contributed by atoms with Gasteiger partial charge in [0.1, 0.15) is 0 Å². The second-order valence-corrected chi connectivity index (χ2v) is 57.4. The molecule has 0 heterocycles. The third-order valence-corrected chi connectivity index (χ3v) is 17.8. The zero-order valence-electron chi connectivity index (χ0n) is 3.56. The van der Waals surface area contributed by atoms with Crippen molar-refractivity contribution in [3.8, 4) is 0 Å². The summed E-state index contributed by atoms with van der Waals surface area (Å²) in [6, 6.07) is 0. The Kier molecular flexibility index (Phi) is 15.7. The molecule has 7 heavy (non-hydrogen) atoms. The Hall–Kier alpha value is 5.90. The number of rotatable bonds is 2. The SMILES string of the molecule is [Ce][SiH]([Ce])O[SiH]([Ce])[Ce]. The van der Waals surface area contributed by atoms with Crippen molar-refractivity contribution in [1.82, 2.24) is 0 Å². The molecule has 32 valence electrons. The van der Waals surface area contributed by atoms with E-state index in [1.165, 1.54) is 154 Å². The van der Waals surface area contributed by atoms with Gasteiger partial charge in [-0.3, -0.25) is 0 Å². The van der Waals surface area contributed by atoms with E-state index in [0.717, 1.165) is 0 Å². The summed E-state index contributed by atoms with van der Waals surface area (Å²) < 4.78 is 5.14. The van der Waals surface area contributed by atoms with Gasteiger partial charge in [-0.05, 0) is 0 Å². The molecule has 0 unspecified atom stereocenters. The molecule has 0 aliphatic carbocycles. The third-order valence-electron chi connectivity index (χ3n) is 0.272. The van der Waals surface area contributed by atoms with Crippen molar-refractivity contribution in [2.45, 2.75) is 0 Å². The van der Waals surface area contributed by atoms with Crippen LogP contribution in [0.3, 0.4) is 0 Å². The quantitative estimate of drug-likeness (QED) is 0.342. The Balaban J connectivity index is 2.95. The molecule has 0 aromatic carbocycles. The molecule has 0 fully saturated rings. The molecular weight excluding hydrogens is 633 g/mol. The van der Waals surface area contributed by atoms with E-state index in [4.69, 9.17) is 4.12 Å². The number of hydrogen-bond donors (Lipinski definition) is 0. The first-order valence-corrected chi connectivity index (χ1v) is 26.6. The zero-order chi connectivity index (χ0) is 5.86. The molecule has 0 N–H and O–H groups in total. The Bertz CT molecular complexity index is 39.0. The van der Waals surface area contributed by atoms with Crippen LogP contribution in [0.25, 0.3) is 0 Å². The van der Waals surface area contributed by atoms with Crippen LogP contribution in [-0.4, -0.2) is -4.21 Å². The summed E-state index contributed by atoms with van der Waals surface area (Å²) in [7, 11) is 0. The molecule has 0 aromatic heterocycles. The summed E-state index contributed by atoms with van der Waals surface area (Å²) in [5.41, 5.74) is 0. The zero-order valence-corrected chi connectivity index (χ0v) is 18.4. The molecule has 0 bridgehead atoms. The Morgan fingerprint density at radius 2 is 1.14 bits per heavy atom. The van der Waals surface area contributed by atoms with Crippen LogP contribution in [0.15, 0.2) is 0 Å². The van der Waals surface area contributed by atoms with Crippen molar-refractivity contribution in [2.24, 2.45) is 0 Å². The van der Waals surface area contributed by atoms with Crippen LogP contribution in [-0.2, 0) is 4.12 Å². The molecule has 0 atom stereocenters. The van der Waals surface area contributed by atoms with Crippen LogP contribution >= 0.6 is 0 Å². The fourth-order valence-electron chi connectivity index (χ4n) is 0.136. The predicted molar refractivity (Wildman–Crippen MR) is 15.4 cm³/mol. The summed E-state index contributed by atoms with van der Waals surface area (Å²) in [6.45, 7) is 0. The van der Waals surface area contributed by atoms with Crippen molar-refractivity contribution in [3.05, 3.63) is 0 Å². The van der Waals surface area contributed by atoms with Gasteiger partial charge < -0.3 is 0 Å². The van der Waals surface area contributed by atoms with E-state index in [-0.39, 0.29) is -4.21 Å². The average Bonchev–Trinajstić information content (AvgIpc) is 1.27. The van der Waals surface area contributed by atoms with Gasteiger partial charge in [0.15, 0.2) is 0 Å². The molecular formula is H2Ce4OSi2. The van der Waals surface area contributed by atoms with E-state index in [1.54, 1.807) is 0 Å². The molecule has 1 nitrogen and oxygen atoms in total.